The standard InChI is InChI=1S/C21H13Cl2N3O5S/c1-30-18-6-3-12(22)9-15(18)24-21-25-20(27)19(32-21)10-13-4-7-17(31-13)11-2-5-14(23)16(8-11)26(28)29/h2-10H,1H3,(H,24,25,27)/b19-10-. The Hall–Kier alpha value is -3.27. The Morgan fingerprint density at radius 3 is 2.75 bits per heavy atom. The van der Waals surface area contributed by atoms with Gasteiger partial charge in [-0.3, -0.25) is 14.9 Å². The van der Waals surface area contributed by atoms with Crippen LogP contribution in [0.25, 0.3) is 17.4 Å². The SMILES string of the molecule is COc1ccc(Cl)cc1N=C1NC(=O)/C(=C/c2ccc(-c3ccc(Cl)c([N+](=O)[O-])c3)o2)S1. The van der Waals surface area contributed by atoms with E-state index in [4.69, 9.17) is 32.4 Å². The van der Waals surface area contributed by atoms with Gasteiger partial charge in [0, 0.05) is 22.7 Å². The molecule has 1 aliphatic heterocycles. The minimum Gasteiger partial charge on any atom is -0.494 e. The van der Waals surface area contributed by atoms with Gasteiger partial charge >= 0.3 is 0 Å². The maximum absolute atomic E-state index is 12.4. The van der Waals surface area contributed by atoms with Gasteiger partial charge in [-0.1, -0.05) is 23.2 Å². The summed E-state index contributed by atoms with van der Waals surface area (Å²) in [6.45, 7) is 0. The number of hydrogen-bond donors (Lipinski definition) is 1. The highest BCUT2D eigenvalue weighted by atomic mass is 35.5. The lowest BCUT2D eigenvalue weighted by Crippen LogP contribution is -2.19. The van der Waals surface area contributed by atoms with Gasteiger partial charge in [-0.15, -0.1) is 0 Å². The number of furan rings is 1. The van der Waals surface area contributed by atoms with Crippen molar-refractivity contribution < 1.29 is 18.9 Å². The molecule has 0 radical (unpaired) electrons. The zero-order valence-corrected chi connectivity index (χ0v) is 18.6. The summed E-state index contributed by atoms with van der Waals surface area (Å²) in [7, 11) is 1.52. The van der Waals surface area contributed by atoms with E-state index in [-0.39, 0.29) is 16.6 Å². The number of thioether (sulfide) groups is 1. The Morgan fingerprint density at radius 1 is 1.19 bits per heavy atom. The van der Waals surface area contributed by atoms with E-state index in [1.807, 2.05) is 0 Å². The lowest BCUT2D eigenvalue weighted by molar-refractivity contribution is -0.384. The predicted octanol–water partition coefficient (Wildman–Crippen LogP) is 6.06. The third kappa shape index (κ3) is 4.64. The van der Waals surface area contributed by atoms with Gasteiger partial charge in [0.2, 0.25) is 0 Å². The number of carbonyl (C=O) groups is 1. The Bertz CT molecular complexity index is 1300. The van der Waals surface area contributed by atoms with Gasteiger partial charge in [0.15, 0.2) is 5.17 Å². The molecule has 1 amide bonds. The quantitative estimate of drug-likeness (QED) is 0.265. The van der Waals surface area contributed by atoms with Crippen LogP contribution in [0.3, 0.4) is 0 Å². The van der Waals surface area contributed by atoms with E-state index in [1.165, 1.54) is 19.2 Å². The van der Waals surface area contributed by atoms with Crippen LogP contribution in [0.2, 0.25) is 10.0 Å². The number of nitro groups is 1. The maximum atomic E-state index is 12.4. The molecular weight excluding hydrogens is 477 g/mol. The molecule has 11 heteroatoms. The molecule has 4 rings (SSSR count). The Labute approximate surface area is 196 Å². The topological polar surface area (TPSA) is 107 Å². The molecule has 1 fully saturated rings. The smallest absolute Gasteiger partial charge is 0.288 e. The Morgan fingerprint density at radius 2 is 2.00 bits per heavy atom. The highest BCUT2D eigenvalue weighted by Gasteiger charge is 2.25. The van der Waals surface area contributed by atoms with Crippen molar-refractivity contribution in [2.24, 2.45) is 4.99 Å². The Balaban J connectivity index is 1.58. The van der Waals surface area contributed by atoms with E-state index < -0.39 is 4.92 Å². The summed E-state index contributed by atoms with van der Waals surface area (Å²) in [4.78, 5) is 27.7. The number of aliphatic imine (C=N–C) groups is 1. The Kier molecular flexibility index (Phi) is 6.22. The van der Waals surface area contributed by atoms with Crippen LogP contribution in [0, 0.1) is 10.1 Å². The molecular formula is C21H13Cl2N3O5S. The average Bonchev–Trinajstić information content (AvgIpc) is 3.35. The van der Waals surface area contributed by atoms with E-state index in [1.54, 1.807) is 42.5 Å². The van der Waals surface area contributed by atoms with Crippen LogP contribution in [-0.4, -0.2) is 23.1 Å². The van der Waals surface area contributed by atoms with Crippen LogP contribution in [0.5, 0.6) is 5.75 Å². The van der Waals surface area contributed by atoms with Gasteiger partial charge in [0.05, 0.1) is 16.9 Å². The molecule has 0 atom stereocenters. The van der Waals surface area contributed by atoms with Crippen LogP contribution in [0.4, 0.5) is 11.4 Å². The molecule has 0 unspecified atom stereocenters. The fraction of sp³-hybridized carbons (Fsp3) is 0.0476. The second kappa shape index (κ2) is 9.07. The van der Waals surface area contributed by atoms with E-state index in [9.17, 15) is 14.9 Å². The zero-order valence-electron chi connectivity index (χ0n) is 16.3. The van der Waals surface area contributed by atoms with Gasteiger partial charge in [0.1, 0.15) is 28.0 Å². The molecule has 1 N–H and O–H groups in total. The van der Waals surface area contributed by atoms with Gasteiger partial charge in [0.25, 0.3) is 11.6 Å². The first kappa shape index (κ1) is 21.9. The number of hydrogen-bond acceptors (Lipinski definition) is 7. The van der Waals surface area contributed by atoms with E-state index >= 15 is 0 Å². The first-order valence-corrected chi connectivity index (χ1v) is 10.6. The number of amidine groups is 1. The highest BCUT2D eigenvalue weighted by Crippen LogP contribution is 2.35. The first-order chi connectivity index (χ1) is 15.3. The van der Waals surface area contributed by atoms with Crippen molar-refractivity contribution in [3.05, 3.63) is 79.4 Å². The number of halogens is 2. The van der Waals surface area contributed by atoms with Crippen molar-refractivity contribution in [1.29, 1.82) is 0 Å². The molecule has 0 saturated carbocycles. The largest absolute Gasteiger partial charge is 0.494 e. The summed E-state index contributed by atoms with van der Waals surface area (Å²) in [5, 5.41) is 14.7. The summed E-state index contributed by atoms with van der Waals surface area (Å²) >= 11 is 13.0. The van der Waals surface area contributed by atoms with Crippen molar-refractivity contribution in [1.82, 2.24) is 5.32 Å². The number of rotatable bonds is 5. The number of carbonyl (C=O) groups excluding carboxylic acids is 1. The van der Waals surface area contributed by atoms with Crippen molar-refractivity contribution >= 4 is 63.5 Å². The normalized spacial score (nSPS) is 15.9. The predicted molar refractivity (Wildman–Crippen MR) is 125 cm³/mol. The van der Waals surface area contributed by atoms with Crippen molar-refractivity contribution in [2.45, 2.75) is 0 Å². The molecule has 2 heterocycles. The molecule has 1 saturated heterocycles. The second-order valence-electron chi connectivity index (χ2n) is 6.42. The number of amides is 1. The lowest BCUT2D eigenvalue weighted by atomic mass is 10.1. The second-order valence-corrected chi connectivity index (χ2v) is 8.30. The number of nitrogens with one attached hydrogen (secondary N) is 1. The van der Waals surface area contributed by atoms with Gasteiger partial charge < -0.3 is 14.5 Å². The minimum atomic E-state index is -0.563. The molecule has 162 valence electrons. The third-order valence-corrected chi connectivity index (χ3v) is 5.81. The molecule has 1 aliphatic rings. The summed E-state index contributed by atoms with van der Waals surface area (Å²) in [6, 6.07) is 12.7. The van der Waals surface area contributed by atoms with E-state index in [0.29, 0.717) is 43.6 Å². The van der Waals surface area contributed by atoms with Gasteiger partial charge in [-0.2, -0.15) is 0 Å². The van der Waals surface area contributed by atoms with Crippen LogP contribution in [0.1, 0.15) is 5.76 Å². The molecule has 0 spiro atoms. The molecule has 0 aliphatic carbocycles. The van der Waals surface area contributed by atoms with Gasteiger partial charge in [-0.05, 0) is 54.2 Å². The molecule has 2 aromatic carbocycles. The minimum absolute atomic E-state index is 0.0369. The first-order valence-electron chi connectivity index (χ1n) is 9.01. The van der Waals surface area contributed by atoms with Crippen molar-refractivity contribution in [2.75, 3.05) is 7.11 Å². The van der Waals surface area contributed by atoms with E-state index in [0.717, 1.165) is 11.8 Å². The molecule has 32 heavy (non-hydrogen) atoms. The van der Waals surface area contributed by atoms with Gasteiger partial charge in [-0.25, -0.2) is 4.99 Å². The third-order valence-electron chi connectivity index (χ3n) is 4.34. The highest BCUT2D eigenvalue weighted by molar-refractivity contribution is 8.18. The summed E-state index contributed by atoms with van der Waals surface area (Å²) in [6.07, 6.45) is 1.56. The van der Waals surface area contributed by atoms with Crippen molar-refractivity contribution in [3.63, 3.8) is 0 Å². The fourth-order valence-electron chi connectivity index (χ4n) is 2.86. The summed E-state index contributed by atoms with van der Waals surface area (Å²) in [5.41, 5.74) is 0.752. The molecule has 0 bridgehead atoms. The number of benzene rings is 2. The molecule has 1 aromatic heterocycles. The number of methoxy groups -OCH3 is 1. The van der Waals surface area contributed by atoms with Crippen molar-refractivity contribution in [3.8, 4) is 17.1 Å². The summed E-state index contributed by atoms with van der Waals surface area (Å²) < 4.78 is 11.0. The van der Waals surface area contributed by atoms with Crippen LogP contribution >= 0.6 is 35.0 Å². The number of nitrogens with zero attached hydrogens (tertiary/aromatic N) is 2. The zero-order chi connectivity index (χ0) is 22.8. The number of ether oxygens (including phenoxy) is 1. The number of nitro benzene ring substituents is 1. The molecule has 3 aromatic rings. The fourth-order valence-corrected chi connectivity index (χ4v) is 4.03. The molecule has 8 nitrogen and oxygen atoms in total. The van der Waals surface area contributed by atoms with E-state index in [2.05, 4.69) is 10.3 Å². The van der Waals surface area contributed by atoms with Crippen LogP contribution < -0.4 is 10.1 Å². The van der Waals surface area contributed by atoms with Crippen LogP contribution in [-0.2, 0) is 4.79 Å². The average molecular weight is 490 g/mol. The monoisotopic (exact) mass is 489 g/mol. The summed E-state index contributed by atoms with van der Waals surface area (Å²) in [5.74, 6) is 0.978. The maximum Gasteiger partial charge on any atom is 0.288 e. The lowest BCUT2D eigenvalue weighted by Gasteiger charge is -2.04. The van der Waals surface area contributed by atoms with Crippen LogP contribution in [0.15, 0.2) is 62.8 Å².